The van der Waals surface area contributed by atoms with Gasteiger partial charge in [-0.15, -0.1) is 0 Å². The molecule has 0 saturated heterocycles. The Morgan fingerprint density at radius 3 is 2.33 bits per heavy atom. The van der Waals surface area contributed by atoms with Crippen molar-refractivity contribution in [3.05, 3.63) is 53.1 Å². The van der Waals surface area contributed by atoms with Crippen LogP contribution >= 0.6 is 0 Å². The number of fused-ring (bicyclic) bond motifs is 1. The van der Waals surface area contributed by atoms with Gasteiger partial charge in [-0.1, -0.05) is 0 Å². The van der Waals surface area contributed by atoms with Crippen LogP contribution < -0.4 is 14.8 Å². The fourth-order valence-electron chi connectivity index (χ4n) is 3.47. The van der Waals surface area contributed by atoms with Crippen LogP contribution in [0.3, 0.4) is 0 Å². The average Bonchev–Trinajstić information content (AvgIpc) is 3.08. The van der Waals surface area contributed by atoms with Gasteiger partial charge < -0.3 is 19.5 Å². The molecule has 27 heavy (non-hydrogen) atoms. The van der Waals surface area contributed by atoms with Crippen molar-refractivity contribution in [2.45, 2.75) is 25.2 Å². The molecule has 2 aromatic rings. The molecule has 142 valence electrons. The van der Waals surface area contributed by atoms with E-state index in [4.69, 9.17) is 9.47 Å². The number of esters is 1. The van der Waals surface area contributed by atoms with Crippen molar-refractivity contribution in [3.8, 4) is 11.5 Å². The maximum Gasteiger partial charge on any atom is 0.337 e. The van der Waals surface area contributed by atoms with Crippen LogP contribution in [-0.2, 0) is 16.0 Å². The Bertz CT molecular complexity index is 844. The van der Waals surface area contributed by atoms with E-state index in [1.54, 1.807) is 38.5 Å². The molecule has 0 saturated carbocycles. The number of carbonyl (C=O) groups excluding carboxylic acids is 2. The summed E-state index contributed by atoms with van der Waals surface area (Å²) in [5, 5.41) is 2.89. The first kappa shape index (κ1) is 18.8. The highest BCUT2D eigenvalue weighted by atomic mass is 16.5. The number of aryl methyl sites for hydroxylation is 1. The predicted molar refractivity (Wildman–Crippen MR) is 102 cm³/mol. The van der Waals surface area contributed by atoms with Gasteiger partial charge in [0.15, 0.2) is 11.5 Å². The Morgan fingerprint density at radius 1 is 1.04 bits per heavy atom. The molecule has 0 bridgehead atoms. The lowest BCUT2D eigenvalue weighted by molar-refractivity contribution is -0.116. The summed E-state index contributed by atoms with van der Waals surface area (Å²) in [5.74, 6) is 1.08. The standard InChI is InChI=1S/C21H23NO5/c1-25-18-10-14-4-5-15(17(14)12-19(18)26-2)11-20(23)22-16-8-6-13(7-9-16)21(24)27-3/h6-10,12,15H,4-5,11H2,1-3H3,(H,22,23). The summed E-state index contributed by atoms with van der Waals surface area (Å²) >= 11 is 0. The van der Waals surface area contributed by atoms with Crippen molar-refractivity contribution >= 4 is 17.6 Å². The van der Waals surface area contributed by atoms with Gasteiger partial charge in [0, 0.05) is 12.1 Å². The first-order chi connectivity index (χ1) is 13.0. The summed E-state index contributed by atoms with van der Waals surface area (Å²) in [6, 6.07) is 10.6. The summed E-state index contributed by atoms with van der Waals surface area (Å²) in [6.07, 6.45) is 2.23. The van der Waals surface area contributed by atoms with Crippen LogP contribution in [0.1, 0.15) is 40.2 Å². The highest BCUT2D eigenvalue weighted by Crippen LogP contribution is 2.41. The van der Waals surface area contributed by atoms with E-state index in [9.17, 15) is 9.59 Å². The number of carbonyl (C=O) groups is 2. The smallest absolute Gasteiger partial charge is 0.337 e. The quantitative estimate of drug-likeness (QED) is 0.788. The third-order valence-corrected chi connectivity index (χ3v) is 4.87. The molecule has 1 N–H and O–H groups in total. The zero-order valence-corrected chi connectivity index (χ0v) is 15.7. The second-order valence-electron chi connectivity index (χ2n) is 6.46. The van der Waals surface area contributed by atoms with Crippen LogP contribution in [0.25, 0.3) is 0 Å². The SMILES string of the molecule is COC(=O)c1ccc(NC(=O)CC2CCc3cc(OC)c(OC)cc32)cc1. The molecule has 0 aromatic heterocycles. The number of methoxy groups -OCH3 is 3. The Morgan fingerprint density at radius 2 is 1.70 bits per heavy atom. The van der Waals surface area contributed by atoms with E-state index in [1.807, 2.05) is 12.1 Å². The van der Waals surface area contributed by atoms with Crippen molar-refractivity contribution in [3.63, 3.8) is 0 Å². The van der Waals surface area contributed by atoms with Gasteiger partial charge in [0.05, 0.1) is 26.9 Å². The van der Waals surface area contributed by atoms with Crippen molar-refractivity contribution in [1.82, 2.24) is 0 Å². The van der Waals surface area contributed by atoms with Crippen LogP contribution in [0.4, 0.5) is 5.69 Å². The molecule has 3 rings (SSSR count). The zero-order chi connectivity index (χ0) is 19.4. The third-order valence-electron chi connectivity index (χ3n) is 4.87. The largest absolute Gasteiger partial charge is 0.493 e. The molecular weight excluding hydrogens is 346 g/mol. The van der Waals surface area contributed by atoms with Gasteiger partial charge in [-0.05, 0) is 66.3 Å². The number of anilines is 1. The van der Waals surface area contributed by atoms with Crippen LogP contribution in [-0.4, -0.2) is 33.2 Å². The molecule has 0 radical (unpaired) electrons. The van der Waals surface area contributed by atoms with Crippen LogP contribution in [0.15, 0.2) is 36.4 Å². The highest BCUT2D eigenvalue weighted by molar-refractivity contribution is 5.93. The summed E-state index contributed by atoms with van der Waals surface area (Å²) < 4.78 is 15.4. The molecule has 1 unspecified atom stereocenters. The maximum atomic E-state index is 12.5. The van der Waals surface area contributed by atoms with Crippen molar-refractivity contribution in [1.29, 1.82) is 0 Å². The summed E-state index contributed by atoms with van der Waals surface area (Å²) in [5.41, 5.74) is 3.44. The molecule has 1 aliphatic rings. The summed E-state index contributed by atoms with van der Waals surface area (Å²) in [4.78, 5) is 23.9. The van der Waals surface area contributed by atoms with Gasteiger partial charge in [0.2, 0.25) is 5.91 Å². The van der Waals surface area contributed by atoms with Gasteiger partial charge in [-0.2, -0.15) is 0 Å². The first-order valence-electron chi connectivity index (χ1n) is 8.78. The Labute approximate surface area is 158 Å². The van der Waals surface area contributed by atoms with Gasteiger partial charge in [-0.3, -0.25) is 4.79 Å². The van der Waals surface area contributed by atoms with Gasteiger partial charge in [0.25, 0.3) is 0 Å². The van der Waals surface area contributed by atoms with Crippen molar-refractivity contribution in [2.24, 2.45) is 0 Å². The lowest BCUT2D eigenvalue weighted by Crippen LogP contribution is -2.15. The van der Waals surface area contributed by atoms with E-state index in [-0.39, 0.29) is 11.8 Å². The summed E-state index contributed by atoms with van der Waals surface area (Å²) in [6.45, 7) is 0. The topological polar surface area (TPSA) is 73.9 Å². The molecule has 6 heteroatoms. The van der Waals surface area contributed by atoms with Crippen molar-refractivity contribution in [2.75, 3.05) is 26.6 Å². The Kier molecular flexibility index (Phi) is 5.64. The minimum Gasteiger partial charge on any atom is -0.493 e. The molecule has 1 amide bonds. The molecule has 2 aromatic carbocycles. The van der Waals surface area contributed by atoms with E-state index in [2.05, 4.69) is 10.1 Å². The second-order valence-corrected chi connectivity index (χ2v) is 6.46. The average molecular weight is 369 g/mol. The first-order valence-corrected chi connectivity index (χ1v) is 8.78. The number of nitrogens with one attached hydrogen (secondary N) is 1. The van der Waals surface area contributed by atoms with Crippen LogP contribution in [0, 0.1) is 0 Å². The molecular formula is C21H23NO5. The third kappa shape index (κ3) is 4.05. The lowest BCUT2D eigenvalue weighted by Gasteiger charge is -2.15. The van der Waals surface area contributed by atoms with Crippen molar-refractivity contribution < 1.29 is 23.8 Å². The van der Waals surface area contributed by atoms with Crippen LogP contribution in [0.2, 0.25) is 0 Å². The molecule has 1 atom stereocenters. The van der Waals surface area contributed by atoms with E-state index in [1.165, 1.54) is 12.7 Å². The second kappa shape index (κ2) is 8.12. The van der Waals surface area contributed by atoms with E-state index < -0.39 is 5.97 Å². The van der Waals surface area contributed by atoms with E-state index >= 15 is 0 Å². The predicted octanol–water partition coefficient (Wildman–Crippen LogP) is 3.55. The highest BCUT2D eigenvalue weighted by Gasteiger charge is 2.27. The normalized spacial score (nSPS) is 15.0. The minimum absolute atomic E-state index is 0.0616. The zero-order valence-electron chi connectivity index (χ0n) is 15.7. The summed E-state index contributed by atoms with van der Waals surface area (Å²) in [7, 11) is 4.57. The maximum absolute atomic E-state index is 12.5. The number of amides is 1. The monoisotopic (exact) mass is 369 g/mol. The fraction of sp³-hybridized carbons (Fsp3) is 0.333. The van der Waals surface area contributed by atoms with Gasteiger partial charge in [0.1, 0.15) is 0 Å². The fourth-order valence-corrected chi connectivity index (χ4v) is 3.47. The minimum atomic E-state index is -0.403. The molecule has 1 aliphatic carbocycles. The number of hydrogen-bond acceptors (Lipinski definition) is 5. The molecule has 6 nitrogen and oxygen atoms in total. The number of benzene rings is 2. The Hall–Kier alpha value is -3.02. The van der Waals surface area contributed by atoms with Crippen LogP contribution in [0.5, 0.6) is 11.5 Å². The molecule has 0 fully saturated rings. The van der Waals surface area contributed by atoms with Gasteiger partial charge >= 0.3 is 5.97 Å². The van der Waals surface area contributed by atoms with E-state index in [0.717, 1.165) is 18.4 Å². The molecule has 0 aliphatic heterocycles. The number of hydrogen-bond donors (Lipinski definition) is 1. The number of rotatable bonds is 6. The van der Waals surface area contributed by atoms with Gasteiger partial charge in [-0.25, -0.2) is 4.79 Å². The Balaban J connectivity index is 1.67. The van der Waals surface area contributed by atoms with E-state index in [0.29, 0.717) is 29.2 Å². The molecule has 0 heterocycles. The lowest BCUT2D eigenvalue weighted by atomic mass is 9.97. The number of ether oxygens (including phenoxy) is 3. The molecule has 0 spiro atoms.